The SMILES string of the molecule is Cl.N[C@H]1Cc2cc(S(=O)(=O)c3ccccc3)ccc2N(O)C1=O. The summed E-state index contributed by atoms with van der Waals surface area (Å²) >= 11 is 0. The third-order valence-corrected chi connectivity index (χ3v) is 5.38. The van der Waals surface area contributed by atoms with Gasteiger partial charge in [-0.3, -0.25) is 10.0 Å². The molecule has 3 rings (SSSR count). The van der Waals surface area contributed by atoms with E-state index >= 15 is 0 Å². The molecule has 23 heavy (non-hydrogen) atoms. The van der Waals surface area contributed by atoms with Crippen LogP contribution >= 0.6 is 12.4 Å². The summed E-state index contributed by atoms with van der Waals surface area (Å²) in [6.07, 6.45) is 0.184. The van der Waals surface area contributed by atoms with Crippen molar-refractivity contribution < 1.29 is 18.4 Å². The lowest BCUT2D eigenvalue weighted by atomic mass is 9.99. The van der Waals surface area contributed by atoms with Crippen molar-refractivity contribution in [3.05, 3.63) is 54.1 Å². The fraction of sp³-hybridized carbons (Fsp3) is 0.133. The van der Waals surface area contributed by atoms with Crippen molar-refractivity contribution in [3.63, 3.8) is 0 Å². The number of rotatable bonds is 2. The zero-order valence-corrected chi connectivity index (χ0v) is 13.5. The lowest BCUT2D eigenvalue weighted by Gasteiger charge is -2.27. The van der Waals surface area contributed by atoms with Crippen LogP contribution in [0.1, 0.15) is 5.56 Å². The van der Waals surface area contributed by atoms with E-state index in [9.17, 15) is 18.4 Å². The lowest BCUT2D eigenvalue weighted by Crippen LogP contribution is -2.47. The fourth-order valence-corrected chi connectivity index (χ4v) is 3.77. The molecule has 0 radical (unpaired) electrons. The third kappa shape index (κ3) is 2.96. The molecular weight excluding hydrogens is 340 g/mol. The van der Waals surface area contributed by atoms with Gasteiger partial charge in [0, 0.05) is 0 Å². The Labute approximate surface area is 139 Å². The van der Waals surface area contributed by atoms with Gasteiger partial charge in [0.1, 0.15) is 0 Å². The van der Waals surface area contributed by atoms with Gasteiger partial charge in [0.15, 0.2) is 0 Å². The minimum atomic E-state index is -3.65. The molecule has 0 aliphatic carbocycles. The van der Waals surface area contributed by atoms with E-state index in [-0.39, 0.29) is 34.3 Å². The number of nitrogens with two attached hydrogens (primary N) is 1. The van der Waals surface area contributed by atoms with Gasteiger partial charge in [-0.15, -0.1) is 12.4 Å². The molecule has 6 nitrogen and oxygen atoms in total. The summed E-state index contributed by atoms with van der Waals surface area (Å²) in [5, 5.41) is 10.2. The van der Waals surface area contributed by atoms with Crippen LogP contribution in [-0.4, -0.2) is 25.6 Å². The Morgan fingerprint density at radius 3 is 2.39 bits per heavy atom. The van der Waals surface area contributed by atoms with Crippen molar-refractivity contribution in [2.24, 2.45) is 5.73 Å². The van der Waals surface area contributed by atoms with Gasteiger partial charge in [-0.05, 0) is 42.3 Å². The van der Waals surface area contributed by atoms with Crippen LogP contribution in [0.3, 0.4) is 0 Å². The second-order valence-electron chi connectivity index (χ2n) is 5.07. The topological polar surface area (TPSA) is 101 Å². The molecule has 8 heteroatoms. The van der Waals surface area contributed by atoms with Gasteiger partial charge in [-0.25, -0.2) is 8.42 Å². The summed E-state index contributed by atoms with van der Waals surface area (Å²) < 4.78 is 25.1. The predicted octanol–water partition coefficient (Wildman–Crippen LogP) is 1.55. The predicted molar refractivity (Wildman–Crippen MR) is 86.5 cm³/mol. The number of sulfone groups is 1. The monoisotopic (exact) mass is 354 g/mol. The number of carbonyl (C=O) groups is 1. The fourth-order valence-electron chi connectivity index (χ4n) is 2.43. The molecule has 1 aliphatic heterocycles. The quantitative estimate of drug-likeness (QED) is 0.797. The molecule has 2 aromatic rings. The zero-order chi connectivity index (χ0) is 15.9. The number of carbonyl (C=O) groups excluding carboxylic acids is 1. The van der Waals surface area contributed by atoms with Crippen LogP contribution in [0, 0.1) is 0 Å². The molecule has 1 amide bonds. The molecule has 0 bridgehead atoms. The molecule has 2 aromatic carbocycles. The smallest absolute Gasteiger partial charge is 0.267 e. The molecule has 0 saturated carbocycles. The Kier molecular flexibility index (Phi) is 4.76. The van der Waals surface area contributed by atoms with Gasteiger partial charge in [-0.2, -0.15) is 5.06 Å². The summed E-state index contributed by atoms with van der Waals surface area (Å²) in [5.74, 6) is -0.605. The van der Waals surface area contributed by atoms with Crippen LogP contribution in [0.5, 0.6) is 0 Å². The van der Waals surface area contributed by atoms with E-state index in [0.717, 1.165) is 0 Å². The van der Waals surface area contributed by atoms with Gasteiger partial charge in [0.05, 0.1) is 21.5 Å². The molecule has 1 heterocycles. The molecule has 3 N–H and O–H groups in total. The first-order valence-electron chi connectivity index (χ1n) is 6.63. The van der Waals surface area contributed by atoms with Gasteiger partial charge in [0.25, 0.3) is 5.91 Å². The Balaban J connectivity index is 0.00000192. The normalized spacial score (nSPS) is 17.4. The molecule has 0 saturated heterocycles. The van der Waals surface area contributed by atoms with Crippen LogP contribution in [0.15, 0.2) is 58.3 Å². The zero-order valence-electron chi connectivity index (χ0n) is 11.9. The Morgan fingerprint density at radius 1 is 1.09 bits per heavy atom. The molecular formula is C15H15ClN2O4S. The molecule has 1 aliphatic rings. The number of hydrogen-bond acceptors (Lipinski definition) is 5. The molecule has 122 valence electrons. The van der Waals surface area contributed by atoms with Crippen molar-refractivity contribution in [2.45, 2.75) is 22.3 Å². The van der Waals surface area contributed by atoms with Crippen molar-refractivity contribution in [1.29, 1.82) is 0 Å². The molecule has 0 aromatic heterocycles. The standard InChI is InChI=1S/C15H14N2O4S.ClH/c16-13-9-10-8-12(6-7-14(10)17(19)15(13)18)22(20,21)11-4-2-1-3-5-11;/h1-8,13,19H,9,16H2;1H/t13-;/m0./s1. The number of hydroxylamine groups is 1. The first kappa shape index (κ1) is 17.4. The highest BCUT2D eigenvalue weighted by Gasteiger charge is 2.31. The summed E-state index contributed by atoms with van der Waals surface area (Å²) in [6.45, 7) is 0. The van der Waals surface area contributed by atoms with Crippen LogP contribution in [0.4, 0.5) is 5.69 Å². The van der Waals surface area contributed by atoms with Gasteiger partial charge < -0.3 is 5.73 Å². The second-order valence-corrected chi connectivity index (χ2v) is 7.02. The van der Waals surface area contributed by atoms with Crippen molar-refractivity contribution in [1.82, 2.24) is 0 Å². The number of anilines is 1. The average molecular weight is 355 g/mol. The number of hydrogen-bond donors (Lipinski definition) is 2. The summed E-state index contributed by atoms with van der Waals surface area (Å²) in [4.78, 5) is 11.9. The van der Waals surface area contributed by atoms with E-state index in [0.29, 0.717) is 10.6 Å². The van der Waals surface area contributed by atoms with E-state index < -0.39 is 21.8 Å². The third-order valence-electron chi connectivity index (χ3n) is 3.61. The van der Waals surface area contributed by atoms with Crippen LogP contribution in [0.2, 0.25) is 0 Å². The maximum absolute atomic E-state index is 12.6. The highest BCUT2D eigenvalue weighted by molar-refractivity contribution is 7.91. The maximum Gasteiger partial charge on any atom is 0.267 e. The molecule has 0 spiro atoms. The first-order chi connectivity index (χ1) is 10.4. The van der Waals surface area contributed by atoms with Crippen molar-refractivity contribution in [2.75, 3.05) is 5.06 Å². The lowest BCUT2D eigenvalue weighted by molar-refractivity contribution is -0.125. The molecule has 1 atom stereocenters. The van der Waals surface area contributed by atoms with E-state index in [1.54, 1.807) is 18.2 Å². The van der Waals surface area contributed by atoms with E-state index in [1.165, 1.54) is 30.3 Å². The summed E-state index contributed by atoms with van der Waals surface area (Å²) in [6, 6.07) is 11.4. The van der Waals surface area contributed by atoms with Crippen molar-refractivity contribution in [3.8, 4) is 0 Å². The van der Waals surface area contributed by atoms with E-state index in [1.807, 2.05) is 0 Å². The Hall–Kier alpha value is -1.93. The van der Waals surface area contributed by atoms with Gasteiger partial charge in [-0.1, -0.05) is 18.2 Å². The first-order valence-corrected chi connectivity index (χ1v) is 8.11. The highest BCUT2D eigenvalue weighted by Crippen LogP contribution is 2.30. The van der Waals surface area contributed by atoms with Crippen LogP contribution < -0.4 is 10.8 Å². The van der Waals surface area contributed by atoms with Gasteiger partial charge in [0.2, 0.25) is 9.84 Å². The number of benzene rings is 2. The van der Waals surface area contributed by atoms with Crippen LogP contribution in [0.25, 0.3) is 0 Å². The average Bonchev–Trinajstić information content (AvgIpc) is 2.53. The van der Waals surface area contributed by atoms with Gasteiger partial charge >= 0.3 is 0 Å². The van der Waals surface area contributed by atoms with Crippen LogP contribution in [-0.2, 0) is 21.1 Å². The highest BCUT2D eigenvalue weighted by atomic mass is 35.5. The molecule has 0 unspecified atom stereocenters. The second kappa shape index (κ2) is 6.29. The number of amides is 1. The summed E-state index contributed by atoms with van der Waals surface area (Å²) in [5.41, 5.74) is 6.44. The molecule has 0 fully saturated rings. The minimum absolute atomic E-state index is 0. The Morgan fingerprint density at radius 2 is 1.74 bits per heavy atom. The minimum Gasteiger partial charge on any atom is -0.320 e. The summed E-state index contributed by atoms with van der Waals surface area (Å²) in [7, 11) is -3.65. The number of halogens is 1. The Bertz CT molecular complexity index is 840. The van der Waals surface area contributed by atoms with E-state index in [4.69, 9.17) is 5.73 Å². The number of fused-ring (bicyclic) bond motifs is 1. The van der Waals surface area contributed by atoms with E-state index in [2.05, 4.69) is 0 Å². The number of nitrogens with zero attached hydrogens (tertiary/aromatic N) is 1. The van der Waals surface area contributed by atoms with Crippen molar-refractivity contribution >= 4 is 33.8 Å². The maximum atomic E-state index is 12.6. The largest absolute Gasteiger partial charge is 0.320 e.